The first-order chi connectivity index (χ1) is 15.1. The van der Waals surface area contributed by atoms with Crippen LogP contribution in [-0.4, -0.2) is 47.0 Å². The smallest absolute Gasteiger partial charge is 0.240 e. The van der Waals surface area contributed by atoms with Gasteiger partial charge in [0.2, 0.25) is 25.8 Å². The molecule has 0 aliphatic carbocycles. The van der Waals surface area contributed by atoms with Crippen molar-refractivity contribution < 1.29 is 21.6 Å². The molecule has 0 aliphatic heterocycles. The van der Waals surface area contributed by atoms with Crippen LogP contribution in [-0.2, 0) is 19.9 Å². The fourth-order valence-corrected chi connectivity index (χ4v) is 5.09. The number of benzene rings is 2. The second-order valence-corrected chi connectivity index (χ2v) is 10.7. The lowest BCUT2D eigenvalue weighted by Crippen LogP contribution is -2.29. The Balaban J connectivity index is 1.67. The van der Waals surface area contributed by atoms with Crippen molar-refractivity contribution in [1.29, 1.82) is 0 Å². The Morgan fingerprint density at radius 2 is 1.47 bits per heavy atom. The number of nitrogens with one attached hydrogen (secondary N) is 2. The molecule has 11 heteroatoms. The van der Waals surface area contributed by atoms with Crippen molar-refractivity contribution in [3.8, 4) is 5.75 Å². The topological polar surface area (TPSA) is 127 Å². The van der Waals surface area contributed by atoms with Gasteiger partial charge in [0.15, 0.2) is 5.03 Å². The first kappa shape index (κ1) is 23.6. The number of aryl methyl sites for hydroxylation is 2. The monoisotopic (exact) mass is 476 g/mol. The first-order valence-corrected chi connectivity index (χ1v) is 12.6. The van der Waals surface area contributed by atoms with Crippen molar-refractivity contribution >= 4 is 25.8 Å². The molecule has 3 aromatic rings. The Bertz CT molecular complexity index is 1290. The molecular weight excluding hydrogens is 452 g/mol. The summed E-state index contributed by atoms with van der Waals surface area (Å²) in [6.07, 6.45) is 0. The zero-order chi connectivity index (χ0) is 23.4. The Labute approximate surface area is 187 Å². The maximum atomic E-state index is 12.9. The van der Waals surface area contributed by atoms with Crippen molar-refractivity contribution in [2.45, 2.75) is 28.7 Å². The van der Waals surface area contributed by atoms with E-state index >= 15 is 0 Å². The molecule has 0 atom stereocenters. The van der Waals surface area contributed by atoms with E-state index in [4.69, 9.17) is 4.74 Å². The number of sulfone groups is 1. The summed E-state index contributed by atoms with van der Waals surface area (Å²) >= 11 is 0. The van der Waals surface area contributed by atoms with Crippen LogP contribution in [0.15, 0.2) is 69.4 Å². The van der Waals surface area contributed by atoms with Crippen LogP contribution in [0.3, 0.4) is 0 Å². The number of sulfonamides is 1. The molecule has 0 saturated carbocycles. The van der Waals surface area contributed by atoms with Gasteiger partial charge in [0.1, 0.15) is 5.75 Å². The minimum atomic E-state index is -3.81. The largest absolute Gasteiger partial charge is 0.497 e. The molecule has 0 unspecified atom stereocenters. The molecule has 1 heterocycles. The van der Waals surface area contributed by atoms with E-state index in [1.54, 1.807) is 31.2 Å². The highest BCUT2D eigenvalue weighted by atomic mass is 32.2. The van der Waals surface area contributed by atoms with E-state index in [9.17, 15) is 16.8 Å². The lowest BCUT2D eigenvalue weighted by molar-refractivity contribution is 0.414. The molecular formula is C21H24N4O5S2. The molecule has 0 aliphatic rings. The lowest BCUT2D eigenvalue weighted by atomic mass is 10.2. The molecule has 0 spiro atoms. The number of hydrogen-bond acceptors (Lipinski definition) is 8. The van der Waals surface area contributed by atoms with Crippen LogP contribution in [0.1, 0.15) is 11.3 Å². The second kappa shape index (κ2) is 9.63. The summed E-state index contributed by atoms with van der Waals surface area (Å²) in [7, 11) is -6.01. The van der Waals surface area contributed by atoms with E-state index in [-0.39, 0.29) is 33.9 Å². The molecule has 32 heavy (non-hydrogen) atoms. The summed E-state index contributed by atoms with van der Waals surface area (Å²) < 4.78 is 58.0. The van der Waals surface area contributed by atoms with E-state index in [1.165, 1.54) is 37.4 Å². The zero-order valence-electron chi connectivity index (χ0n) is 17.9. The third kappa shape index (κ3) is 5.61. The molecule has 0 fully saturated rings. The summed E-state index contributed by atoms with van der Waals surface area (Å²) in [4.78, 5) is 8.55. The van der Waals surface area contributed by atoms with Gasteiger partial charge in [-0.1, -0.05) is 17.7 Å². The highest BCUT2D eigenvalue weighted by Gasteiger charge is 2.21. The van der Waals surface area contributed by atoms with Crippen molar-refractivity contribution in [1.82, 2.24) is 14.7 Å². The van der Waals surface area contributed by atoms with Crippen LogP contribution < -0.4 is 14.8 Å². The van der Waals surface area contributed by atoms with Gasteiger partial charge in [0, 0.05) is 18.8 Å². The summed E-state index contributed by atoms with van der Waals surface area (Å²) in [5, 5.41) is 2.74. The zero-order valence-corrected chi connectivity index (χ0v) is 19.5. The predicted octanol–water partition coefficient (Wildman–Crippen LogP) is 2.33. The Morgan fingerprint density at radius 1 is 0.844 bits per heavy atom. The summed E-state index contributed by atoms with van der Waals surface area (Å²) in [6, 6.07) is 13.9. The Hall–Kier alpha value is -3.02. The average molecular weight is 477 g/mol. The van der Waals surface area contributed by atoms with Gasteiger partial charge in [-0.3, -0.25) is 0 Å². The standard InChI is InChI=1S/C21H24N4O5S2/c1-15-4-8-18(9-5-15)31(26,27)20-14-16(2)24-21(25-20)22-12-13-23-32(28,29)19-10-6-17(30-3)7-11-19/h4-11,14,23H,12-13H2,1-3H3,(H,22,24,25). The van der Waals surface area contributed by atoms with Gasteiger partial charge in [-0.2, -0.15) is 0 Å². The second-order valence-electron chi connectivity index (χ2n) is 6.99. The van der Waals surface area contributed by atoms with Crippen molar-refractivity contribution in [2.75, 3.05) is 25.5 Å². The molecule has 2 aromatic carbocycles. The SMILES string of the molecule is COc1ccc(S(=O)(=O)NCCNc2nc(C)cc(S(=O)(=O)c3ccc(C)cc3)n2)cc1. The van der Waals surface area contributed by atoms with Crippen molar-refractivity contribution in [3.63, 3.8) is 0 Å². The molecule has 1 aromatic heterocycles. The fourth-order valence-electron chi connectivity index (χ4n) is 2.79. The third-order valence-electron chi connectivity index (χ3n) is 4.51. The van der Waals surface area contributed by atoms with Gasteiger partial charge in [-0.15, -0.1) is 0 Å². The molecule has 0 bridgehead atoms. The van der Waals surface area contributed by atoms with E-state index in [0.717, 1.165) is 5.56 Å². The van der Waals surface area contributed by atoms with Gasteiger partial charge < -0.3 is 10.1 Å². The highest BCUT2D eigenvalue weighted by Crippen LogP contribution is 2.21. The highest BCUT2D eigenvalue weighted by molar-refractivity contribution is 7.91. The molecule has 2 N–H and O–H groups in total. The number of nitrogens with zero attached hydrogens (tertiary/aromatic N) is 2. The van der Waals surface area contributed by atoms with E-state index in [1.807, 2.05) is 6.92 Å². The Kier molecular flexibility index (Phi) is 7.12. The van der Waals surface area contributed by atoms with Crippen LogP contribution in [0.2, 0.25) is 0 Å². The molecule has 0 radical (unpaired) electrons. The average Bonchev–Trinajstić information content (AvgIpc) is 2.77. The van der Waals surface area contributed by atoms with Crippen LogP contribution >= 0.6 is 0 Å². The summed E-state index contributed by atoms with van der Waals surface area (Å²) in [5.74, 6) is 0.651. The quantitative estimate of drug-likeness (QED) is 0.356. The number of methoxy groups -OCH3 is 1. The van der Waals surface area contributed by atoms with Crippen molar-refractivity contribution in [2.24, 2.45) is 0 Å². The maximum absolute atomic E-state index is 12.9. The molecule has 3 rings (SSSR count). The summed E-state index contributed by atoms with van der Waals surface area (Å²) in [6.45, 7) is 3.73. The van der Waals surface area contributed by atoms with Crippen LogP contribution in [0.5, 0.6) is 5.75 Å². The van der Waals surface area contributed by atoms with Gasteiger partial charge in [0.25, 0.3) is 0 Å². The van der Waals surface area contributed by atoms with E-state index in [0.29, 0.717) is 11.4 Å². The number of rotatable bonds is 9. The van der Waals surface area contributed by atoms with Crippen LogP contribution in [0, 0.1) is 13.8 Å². The third-order valence-corrected chi connectivity index (χ3v) is 7.64. The van der Waals surface area contributed by atoms with Gasteiger partial charge in [0.05, 0.1) is 16.9 Å². The minimum Gasteiger partial charge on any atom is -0.497 e. The van der Waals surface area contributed by atoms with Gasteiger partial charge in [-0.25, -0.2) is 31.5 Å². The number of hydrogen-bond donors (Lipinski definition) is 2. The van der Waals surface area contributed by atoms with E-state index < -0.39 is 19.9 Å². The van der Waals surface area contributed by atoms with Crippen LogP contribution in [0.25, 0.3) is 0 Å². The molecule has 9 nitrogen and oxygen atoms in total. The maximum Gasteiger partial charge on any atom is 0.240 e. The Morgan fingerprint density at radius 3 is 2.09 bits per heavy atom. The molecule has 170 valence electrons. The van der Waals surface area contributed by atoms with Gasteiger partial charge >= 0.3 is 0 Å². The first-order valence-electron chi connectivity index (χ1n) is 9.67. The number of ether oxygens (including phenoxy) is 1. The predicted molar refractivity (Wildman–Crippen MR) is 120 cm³/mol. The lowest BCUT2D eigenvalue weighted by Gasteiger charge is -2.10. The number of aromatic nitrogens is 2. The fraction of sp³-hybridized carbons (Fsp3) is 0.238. The minimum absolute atomic E-state index is 0.0473. The number of anilines is 1. The molecule has 0 amide bonds. The normalized spacial score (nSPS) is 11.8. The van der Waals surface area contributed by atoms with Crippen molar-refractivity contribution in [3.05, 3.63) is 65.9 Å². The molecule has 0 saturated heterocycles. The van der Waals surface area contributed by atoms with Crippen LogP contribution in [0.4, 0.5) is 5.95 Å². The van der Waals surface area contributed by atoms with E-state index in [2.05, 4.69) is 20.0 Å². The summed E-state index contributed by atoms with van der Waals surface area (Å²) in [5.41, 5.74) is 1.41. The van der Waals surface area contributed by atoms with Gasteiger partial charge in [-0.05, 0) is 56.3 Å².